The summed E-state index contributed by atoms with van der Waals surface area (Å²) in [5.74, 6) is 0.947. The van der Waals surface area contributed by atoms with Gasteiger partial charge in [-0.05, 0) is 43.2 Å². The summed E-state index contributed by atoms with van der Waals surface area (Å²) in [6, 6.07) is 5.64. The first-order chi connectivity index (χ1) is 9.22. The van der Waals surface area contributed by atoms with Gasteiger partial charge in [-0.25, -0.2) is 0 Å². The highest BCUT2D eigenvalue weighted by molar-refractivity contribution is 7.99. The van der Waals surface area contributed by atoms with Gasteiger partial charge in [-0.15, -0.1) is 10.2 Å². The van der Waals surface area contributed by atoms with Gasteiger partial charge in [0.25, 0.3) is 0 Å². The summed E-state index contributed by atoms with van der Waals surface area (Å²) in [6.45, 7) is 7.51. The summed E-state index contributed by atoms with van der Waals surface area (Å²) in [4.78, 5) is 8.13. The van der Waals surface area contributed by atoms with E-state index in [0.717, 1.165) is 27.8 Å². The predicted molar refractivity (Wildman–Crippen MR) is 80.9 cm³/mol. The molecule has 0 N–H and O–H groups in total. The van der Waals surface area contributed by atoms with Crippen LogP contribution in [0.3, 0.4) is 0 Å². The van der Waals surface area contributed by atoms with E-state index < -0.39 is 0 Å². The zero-order valence-electron chi connectivity index (χ0n) is 10.7. The minimum Gasteiger partial charge on any atom is -0.265 e. The second kappa shape index (κ2) is 6.53. The van der Waals surface area contributed by atoms with Crippen LogP contribution >= 0.6 is 23.3 Å². The van der Waals surface area contributed by atoms with Crippen LogP contribution in [-0.4, -0.2) is 21.8 Å². The van der Waals surface area contributed by atoms with Gasteiger partial charge in [0, 0.05) is 11.5 Å². The fraction of sp³-hybridized carbons (Fsp3) is 0.250. The van der Waals surface area contributed by atoms with Gasteiger partial charge in [-0.3, -0.25) is 4.99 Å². The standard InChI is InChI=1S/C12H13N5S2/c1-4-18-12-14-11(19-17-12)16-15-10-6-5-9(13-3)7-8(10)2/h5-7H,3-4H2,1-2H3. The predicted octanol–water partition coefficient (Wildman–Crippen LogP) is 4.71. The lowest BCUT2D eigenvalue weighted by Gasteiger charge is -1.99. The van der Waals surface area contributed by atoms with Crippen LogP contribution in [0, 0.1) is 6.92 Å². The topological polar surface area (TPSA) is 62.9 Å². The van der Waals surface area contributed by atoms with Gasteiger partial charge in [0.15, 0.2) is 0 Å². The van der Waals surface area contributed by atoms with Crippen molar-refractivity contribution in [1.82, 2.24) is 9.36 Å². The third-order valence-electron chi connectivity index (χ3n) is 2.28. The van der Waals surface area contributed by atoms with Crippen molar-refractivity contribution in [3.63, 3.8) is 0 Å². The molecular weight excluding hydrogens is 278 g/mol. The van der Waals surface area contributed by atoms with Gasteiger partial charge in [0.05, 0.1) is 11.4 Å². The van der Waals surface area contributed by atoms with E-state index in [9.17, 15) is 0 Å². The Labute approximate surface area is 120 Å². The van der Waals surface area contributed by atoms with E-state index in [1.165, 1.54) is 11.5 Å². The molecule has 1 heterocycles. The Bertz CT molecular complexity index is 606. The van der Waals surface area contributed by atoms with E-state index >= 15 is 0 Å². The van der Waals surface area contributed by atoms with Crippen molar-refractivity contribution in [2.45, 2.75) is 19.0 Å². The first kappa shape index (κ1) is 13.8. The Morgan fingerprint density at radius 2 is 2.21 bits per heavy atom. The monoisotopic (exact) mass is 291 g/mol. The average molecular weight is 291 g/mol. The molecule has 2 rings (SSSR count). The maximum absolute atomic E-state index is 4.26. The molecule has 0 saturated heterocycles. The molecule has 0 unspecified atom stereocenters. The number of thioether (sulfide) groups is 1. The van der Waals surface area contributed by atoms with Crippen LogP contribution in [-0.2, 0) is 0 Å². The molecule has 2 aromatic rings. The molecule has 19 heavy (non-hydrogen) atoms. The average Bonchev–Trinajstić information content (AvgIpc) is 2.85. The number of nitrogens with zero attached hydrogens (tertiary/aromatic N) is 5. The Morgan fingerprint density at radius 3 is 2.89 bits per heavy atom. The van der Waals surface area contributed by atoms with E-state index in [2.05, 4.69) is 38.2 Å². The Kier molecular flexibility index (Phi) is 4.75. The van der Waals surface area contributed by atoms with E-state index in [0.29, 0.717) is 5.13 Å². The Hall–Kier alpha value is -1.60. The van der Waals surface area contributed by atoms with Gasteiger partial charge in [0.1, 0.15) is 0 Å². The van der Waals surface area contributed by atoms with Crippen molar-refractivity contribution in [3.8, 4) is 0 Å². The molecule has 0 atom stereocenters. The lowest BCUT2D eigenvalue weighted by Crippen LogP contribution is -1.74. The van der Waals surface area contributed by atoms with E-state index in [4.69, 9.17) is 0 Å². The van der Waals surface area contributed by atoms with Gasteiger partial charge >= 0.3 is 0 Å². The van der Waals surface area contributed by atoms with Gasteiger partial charge in [0.2, 0.25) is 10.3 Å². The van der Waals surface area contributed by atoms with Crippen molar-refractivity contribution < 1.29 is 0 Å². The molecule has 0 aliphatic rings. The van der Waals surface area contributed by atoms with Crippen LogP contribution in [0.2, 0.25) is 0 Å². The van der Waals surface area contributed by atoms with Crippen LogP contribution in [0.5, 0.6) is 0 Å². The molecule has 0 spiro atoms. The number of benzene rings is 1. The summed E-state index contributed by atoms with van der Waals surface area (Å²) >= 11 is 2.84. The Balaban J connectivity index is 2.15. The second-order valence-corrected chi connectivity index (χ2v) is 5.58. The van der Waals surface area contributed by atoms with Crippen LogP contribution in [0.25, 0.3) is 0 Å². The molecule has 98 valence electrons. The zero-order valence-corrected chi connectivity index (χ0v) is 12.3. The number of aromatic nitrogens is 2. The fourth-order valence-corrected chi connectivity index (χ4v) is 2.57. The molecule has 0 aliphatic heterocycles. The molecule has 0 aliphatic carbocycles. The highest BCUT2D eigenvalue weighted by Crippen LogP contribution is 2.27. The third kappa shape index (κ3) is 3.68. The number of aryl methyl sites for hydroxylation is 1. The lowest BCUT2D eigenvalue weighted by molar-refractivity contribution is 1.05. The number of hydrogen-bond acceptors (Lipinski definition) is 7. The number of hydrogen-bond donors (Lipinski definition) is 0. The molecule has 0 bridgehead atoms. The van der Waals surface area contributed by atoms with Crippen LogP contribution in [0.15, 0.2) is 38.6 Å². The van der Waals surface area contributed by atoms with Gasteiger partial charge < -0.3 is 0 Å². The summed E-state index contributed by atoms with van der Waals surface area (Å²) in [7, 11) is 0. The number of rotatable bonds is 5. The first-order valence-electron chi connectivity index (χ1n) is 5.68. The SMILES string of the molecule is C=Nc1ccc(N=Nc2nc(SCC)ns2)c(C)c1. The second-order valence-electron chi connectivity index (χ2n) is 3.62. The third-order valence-corrected chi connectivity index (χ3v) is 3.72. The Morgan fingerprint density at radius 1 is 1.37 bits per heavy atom. The molecule has 1 aromatic heterocycles. The maximum atomic E-state index is 4.26. The van der Waals surface area contributed by atoms with Gasteiger partial charge in [-0.2, -0.15) is 9.36 Å². The number of aliphatic imine (C=N–C) groups is 1. The highest BCUT2D eigenvalue weighted by Gasteiger charge is 2.03. The summed E-state index contributed by atoms with van der Waals surface area (Å²) in [5.41, 5.74) is 2.63. The first-order valence-corrected chi connectivity index (χ1v) is 7.44. The van der Waals surface area contributed by atoms with Crippen molar-refractivity contribution in [2.24, 2.45) is 15.2 Å². The fourth-order valence-electron chi connectivity index (χ4n) is 1.38. The van der Waals surface area contributed by atoms with Crippen LogP contribution in [0.1, 0.15) is 12.5 Å². The summed E-state index contributed by atoms with van der Waals surface area (Å²) in [6.07, 6.45) is 0. The van der Waals surface area contributed by atoms with Crippen molar-refractivity contribution in [2.75, 3.05) is 5.75 Å². The minimum atomic E-state index is 0.571. The minimum absolute atomic E-state index is 0.571. The molecule has 1 aromatic carbocycles. The quantitative estimate of drug-likeness (QED) is 0.455. The van der Waals surface area contributed by atoms with E-state index in [-0.39, 0.29) is 0 Å². The molecule has 0 saturated carbocycles. The van der Waals surface area contributed by atoms with Crippen LogP contribution in [0.4, 0.5) is 16.5 Å². The molecule has 0 amide bonds. The summed E-state index contributed by atoms with van der Waals surface area (Å²) in [5, 5.41) is 9.62. The summed E-state index contributed by atoms with van der Waals surface area (Å²) < 4.78 is 4.18. The van der Waals surface area contributed by atoms with Crippen molar-refractivity contribution in [1.29, 1.82) is 0 Å². The molecule has 5 nitrogen and oxygen atoms in total. The lowest BCUT2D eigenvalue weighted by atomic mass is 10.2. The molecule has 0 fully saturated rings. The van der Waals surface area contributed by atoms with Crippen LogP contribution < -0.4 is 0 Å². The van der Waals surface area contributed by atoms with Gasteiger partial charge in [-0.1, -0.05) is 18.7 Å². The van der Waals surface area contributed by atoms with Crippen molar-refractivity contribution >= 4 is 46.5 Å². The maximum Gasteiger partial charge on any atom is 0.250 e. The zero-order chi connectivity index (χ0) is 13.7. The van der Waals surface area contributed by atoms with Crippen molar-refractivity contribution in [3.05, 3.63) is 23.8 Å². The molecular formula is C12H13N5S2. The van der Waals surface area contributed by atoms with E-state index in [1.54, 1.807) is 11.8 Å². The smallest absolute Gasteiger partial charge is 0.250 e. The highest BCUT2D eigenvalue weighted by atomic mass is 32.2. The van der Waals surface area contributed by atoms with E-state index in [1.807, 2.05) is 25.1 Å². The molecule has 0 radical (unpaired) electrons. The molecule has 7 heteroatoms. The largest absolute Gasteiger partial charge is 0.265 e. The normalized spacial score (nSPS) is 11.1. The number of azo groups is 1.